The summed E-state index contributed by atoms with van der Waals surface area (Å²) in [6.07, 6.45) is 5.53. The molecule has 1 N–H and O–H groups in total. The molecule has 1 amide bonds. The van der Waals surface area contributed by atoms with E-state index in [9.17, 15) is 4.79 Å². The van der Waals surface area contributed by atoms with E-state index in [4.69, 9.17) is 4.98 Å². The van der Waals surface area contributed by atoms with Gasteiger partial charge in [0, 0.05) is 54.2 Å². The fourth-order valence-electron chi connectivity index (χ4n) is 4.53. The number of anilines is 2. The molecule has 168 valence electrons. The molecule has 5 rings (SSSR count). The van der Waals surface area contributed by atoms with Gasteiger partial charge in [-0.25, -0.2) is 9.97 Å². The summed E-state index contributed by atoms with van der Waals surface area (Å²) in [5.41, 5.74) is 6.42. The van der Waals surface area contributed by atoms with Gasteiger partial charge in [0.2, 0.25) is 0 Å². The topological polar surface area (TPSA) is 75.4 Å². The quantitative estimate of drug-likeness (QED) is 0.493. The van der Waals surface area contributed by atoms with Crippen molar-refractivity contribution in [3.63, 3.8) is 0 Å². The van der Waals surface area contributed by atoms with Gasteiger partial charge in [-0.05, 0) is 69.5 Å². The maximum absolute atomic E-state index is 13.1. The summed E-state index contributed by atoms with van der Waals surface area (Å²) in [7, 11) is 0. The second-order valence-corrected chi connectivity index (χ2v) is 8.83. The van der Waals surface area contributed by atoms with Gasteiger partial charge in [0.15, 0.2) is 0 Å². The number of hydrogen-bond donors (Lipinski definition) is 1. The third kappa shape index (κ3) is 4.44. The average molecular weight is 441 g/mol. The highest BCUT2D eigenvalue weighted by Gasteiger charge is 2.27. The SMILES string of the molecule is Cc1cccc(Nc2cc(C)nc(C3CCN(C(=O)c4cn5cccc(C)c5n4)CC3)c2)n1. The number of amides is 1. The van der Waals surface area contributed by atoms with E-state index in [2.05, 4.69) is 21.4 Å². The molecule has 4 aromatic heterocycles. The molecule has 7 heteroatoms. The maximum atomic E-state index is 13.1. The molecule has 0 aliphatic carbocycles. The molecule has 33 heavy (non-hydrogen) atoms. The van der Waals surface area contributed by atoms with Crippen molar-refractivity contribution in [2.24, 2.45) is 0 Å². The lowest BCUT2D eigenvalue weighted by Gasteiger charge is -2.31. The summed E-state index contributed by atoms with van der Waals surface area (Å²) in [5, 5.41) is 3.40. The molecule has 1 fully saturated rings. The van der Waals surface area contributed by atoms with Gasteiger partial charge in [0.1, 0.15) is 17.2 Å². The molecular weight excluding hydrogens is 412 g/mol. The summed E-state index contributed by atoms with van der Waals surface area (Å²) in [4.78, 5) is 28.9. The van der Waals surface area contributed by atoms with Gasteiger partial charge in [-0.3, -0.25) is 9.78 Å². The zero-order valence-electron chi connectivity index (χ0n) is 19.2. The van der Waals surface area contributed by atoms with E-state index in [0.717, 1.165) is 52.6 Å². The largest absolute Gasteiger partial charge is 0.340 e. The van der Waals surface area contributed by atoms with Gasteiger partial charge in [-0.2, -0.15) is 0 Å². The number of fused-ring (bicyclic) bond motifs is 1. The van der Waals surface area contributed by atoms with Crippen LogP contribution in [0.15, 0.2) is 54.9 Å². The minimum absolute atomic E-state index is 0.00151. The van der Waals surface area contributed by atoms with E-state index in [0.29, 0.717) is 24.7 Å². The zero-order valence-corrected chi connectivity index (χ0v) is 19.2. The van der Waals surface area contributed by atoms with E-state index >= 15 is 0 Å². The number of aromatic nitrogens is 4. The Kier molecular flexibility index (Phi) is 5.54. The molecule has 7 nitrogen and oxygen atoms in total. The first-order valence-electron chi connectivity index (χ1n) is 11.4. The molecule has 0 saturated carbocycles. The maximum Gasteiger partial charge on any atom is 0.274 e. The van der Waals surface area contributed by atoms with Gasteiger partial charge in [-0.1, -0.05) is 12.1 Å². The summed E-state index contributed by atoms with van der Waals surface area (Å²) in [6, 6.07) is 14.1. The zero-order chi connectivity index (χ0) is 22.9. The lowest BCUT2D eigenvalue weighted by atomic mass is 9.92. The highest BCUT2D eigenvalue weighted by atomic mass is 16.2. The van der Waals surface area contributed by atoms with E-state index in [-0.39, 0.29) is 5.91 Å². The molecule has 5 heterocycles. The van der Waals surface area contributed by atoms with Crippen LogP contribution in [-0.4, -0.2) is 43.2 Å². The summed E-state index contributed by atoms with van der Waals surface area (Å²) in [5.74, 6) is 1.15. The molecule has 1 aliphatic heterocycles. The van der Waals surface area contributed by atoms with Crippen LogP contribution in [0.25, 0.3) is 5.65 Å². The van der Waals surface area contributed by atoms with Gasteiger partial charge in [0.05, 0.1) is 0 Å². The molecule has 0 unspecified atom stereocenters. The number of hydrogen-bond acceptors (Lipinski definition) is 5. The third-order valence-corrected chi connectivity index (χ3v) is 6.23. The molecule has 4 aromatic rings. The molecule has 0 bridgehead atoms. The Balaban J connectivity index is 1.28. The van der Waals surface area contributed by atoms with E-state index in [1.54, 1.807) is 0 Å². The Morgan fingerprint density at radius 1 is 0.970 bits per heavy atom. The molecular formula is C26H28N6O. The monoisotopic (exact) mass is 440 g/mol. The number of likely N-dealkylation sites (tertiary alicyclic amines) is 1. The van der Waals surface area contributed by atoms with Crippen molar-refractivity contribution in [1.29, 1.82) is 0 Å². The fourth-order valence-corrected chi connectivity index (χ4v) is 4.53. The van der Waals surface area contributed by atoms with Gasteiger partial charge in [0.25, 0.3) is 5.91 Å². The van der Waals surface area contributed by atoms with Gasteiger partial charge < -0.3 is 14.6 Å². The van der Waals surface area contributed by atoms with Gasteiger partial charge in [-0.15, -0.1) is 0 Å². The lowest BCUT2D eigenvalue weighted by Crippen LogP contribution is -2.38. The number of piperidine rings is 1. The van der Waals surface area contributed by atoms with Crippen LogP contribution in [0.1, 0.15) is 51.9 Å². The average Bonchev–Trinajstić information content (AvgIpc) is 3.24. The molecule has 0 aromatic carbocycles. The number of nitrogens with zero attached hydrogens (tertiary/aromatic N) is 5. The first kappa shape index (κ1) is 21.1. The minimum atomic E-state index is 0.00151. The Morgan fingerprint density at radius 3 is 2.55 bits per heavy atom. The number of carbonyl (C=O) groups is 1. The highest BCUT2D eigenvalue weighted by Crippen LogP contribution is 2.30. The Morgan fingerprint density at radius 2 is 1.79 bits per heavy atom. The fraction of sp³-hybridized carbons (Fsp3) is 0.308. The van der Waals surface area contributed by atoms with Crippen LogP contribution in [-0.2, 0) is 0 Å². The van der Waals surface area contributed by atoms with Crippen molar-refractivity contribution in [1.82, 2.24) is 24.3 Å². The highest BCUT2D eigenvalue weighted by molar-refractivity contribution is 5.93. The Bertz CT molecular complexity index is 1320. The van der Waals surface area contributed by atoms with E-state index < -0.39 is 0 Å². The predicted molar refractivity (Wildman–Crippen MR) is 129 cm³/mol. The van der Waals surface area contributed by atoms with Crippen LogP contribution in [0, 0.1) is 20.8 Å². The Labute approximate surface area is 193 Å². The predicted octanol–water partition coefficient (Wildman–Crippen LogP) is 4.81. The number of aryl methyl sites for hydroxylation is 3. The second-order valence-electron chi connectivity index (χ2n) is 8.83. The number of imidazole rings is 1. The summed E-state index contributed by atoms with van der Waals surface area (Å²) >= 11 is 0. The van der Waals surface area contributed by atoms with Crippen molar-refractivity contribution >= 4 is 23.1 Å². The van der Waals surface area contributed by atoms with Crippen LogP contribution >= 0.6 is 0 Å². The number of carbonyl (C=O) groups excluding carboxylic acids is 1. The molecule has 0 radical (unpaired) electrons. The van der Waals surface area contributed by atoms with Crippen molar-refractivity contribution < 1.29 is 4.79 Å². The van der Waals surface area contributed by atoms with Crippen molar-refractivity contribution in [2.75, 3.05) is 18.4 Å². The standard InChI is InChI=1S/C26H28N6O/c1-17-6-5-11-32-16-23(30-25(17)32)26(33)31-12-9-20(10-13-31)22-15-21(14-19(3)27-22)29-24-8-4-7-18(2)28-24/h4-8,11,14-16,20H,9-10,12-13H2,1-3H3,(H,27,28,29). The van der Waals surface area contributed by atoms with Crippen molar-refractivity contribution in [3.05, 3.63) is 83.2 Å². The van der Waals surface area contributed by atoms with E-state index in [1.807, 2.05) is 78.9 Å². The molecule has 1 aliphatic rings. The smallest absolute Gasteiger partial charge is 0.274 e. The first-order chi connectivity index (χ1) is 16.0. The molecule has 1 saturated heterocycles. The van der Waals surface area contributed by atoms with Crippen molar-refractivity contribution in [2.45, 2.75) is 39.5 Å². The van der Waals surface area contributed by atoms with Crippen molar-refractivity contribution in [3.8, 4) is 0 Å². The number of pyridine rings is 3. The molecule has 0 spiro atoms. The Hall–Kier alpha value is -3.74. The van der Waals surface area contributed by atoms with Gasteiger partial charge >= 0.3 is 0 Å². The number of nitrogens with one attached hydrogen (secondary N) is 1. The third-order valence-electron chi connectivity index (χ3n) is 6.23. The summed E-state index contributed by atoms with van der Waals surface area (Å²) < 4.78 is 1.92. The van der Waals surface area contributed by atoms with Crippen LogP contribution in [0.2, 0.25) is 0 Å². The minimum Gasteiger partial charge on any atom is -0.340 e. The van der Waals surface area contributed by atoms with Crippen LogP contribution in [0.3, 0.4) is 0 Å². The van der Waals surface area contributed by atoms with Crippen LogP contribution < -0.4 is 5.32 Å². The first-order valence-corrected chi connectivity index (χ1v) is 11.4. The summed E-state index contributed by atoms with van der Waals surface area (Å²) in [6.45, 7) is 7.41. The van der Waals surface area contributed by atoms with Crippen LogP contribution in [0.5, 0.6) is 0 Å². The number of rotatable bonds is 4. The second kappa shape index (κ2) is 8.65. The molecule has 0 atom stereocenters. The lowest BCUT2D eigenvalue weighted by molar-refractivity contribution is 0.0707. The van der Waals surface area contributed by atoms with Crippen LogP contribution in [0.4, 0.5) is 11.5 Å². The normalized spacial score (nSPS) is 14.6. The van der Waals surface area contributed by atoms with E-state index in [1.165, 1.54) is 0 Å².